The highest BCUT2D eigenvalue weighted by Crippen LogP contribution is 2.37. The summed E-state index contributed by atoms with van der Waals surface area (Å²) in [5.74, 6) is -2.01. The molecule has 8 heteroatoms. The number of amides is 1. The number of benzene rings is 1. The Hall–Kier alpha value is -2.32. The number of halogens is 2. The number of methoxy groups -OCH3 is 1. The summed E-state index contributed by atoms with van der Waals surface area (Å²) in [6, 6.07) is 6.93. The van der Waals surface area contributed by atoms with E-state index >= 15 is 0 Å². The van der Waals surface area contributed by atoms with Crippen LogP contribution in [0.3, 0.4) is 0 Å². The predicted octanol–water partition coefficient (Wildman–Crippen LogP) is 4.20. The zero-order chi connectivity index (χ0) is 21.7. The molecule has 1 aromatic heterocycles. The van der Waals surface area contributed by atoms with Gasteiger partial charge in [-0.2, -0.15) is 0 Å². The van der Waals surface area contributed by atoms with Gasteiger partial charge in [0.25, 0.3) is 5.91 Å². The molecule has 1 saturated heterocycles. The van der Waals surface area contributed by atoms with E-state index in [2.05, 4.69) is 0 Å². The van der Waals surface area contributed by atoms with E-state index in [-0.39, 0.29) is 31.0 Å². The van der Waals surface area contributed by atoms with Gasteiger partial charge in [-0.15, -0.1) is 11.3 Å². The number of hydrogen-bond acceptors (Lipinski definition) is 5. The Labute approximate surface area is 178 Å². The lowest BCUT2D eigenvalue weighted by molar-refractivity contribution is -0.158. The lowest BCUT2D eigenvalue weighted by Gasteiger charge is -2.41. The SMILES string of the molecule is CCOC(=O)C1(Cc2ccc(F)cc2F)CCCN(C(=O)c2ccc(COC)s2)C1. The molecule has 1 aliphatic rings. The van der Waals surface area contributed by atoms with Gasteiger partial charge in [-0.3, -0.25) is 9.59 Å². The number of hydrogen-bond donors (Lipinski definition) is 0. The third-order valence-corrected chi connectivity index (χ3v) is 6.32. The van der Waals surface area contributed by atoms with Crippen LogP contribution in [0.25, 0.3) is 0 Å². The first-order valence-electron chi connectivity index (χ1n) is 9.86. The topological polar surface area (TPSA) is 55.8 Å². The molecule has 30 heavy (non-hydrogen) atoms. The number of ether oxygens (including phenoxy) is 2. The van der Waals surface area contributed by atoms with Crippen molar-refractivity contribution in [2.45, 2.75) is 32.8 Å². The summed E-state index contributed by atoms with van der Waals surface area (Å²) in [7, 11) is 1.59. The number of esters is 1. The first-order valence-corrected chi connectivity index (χ1v) is 10.7. The molecule has 3 rings (SSSR count). The van der Waals surface area contributed by atoms with Gasteiger partial charge in [0.15, 0.2) is 0 Å². The van der Waals surface area contributed by atoms with Crippen molar-refractivity contribution in [2.24, 2.45) is 5.41 Å². The highest BCUT2D eigenvalue weighted by molar-refractivity contribution is 7.14. The quantitative estimate of drug-likeness (QED) is 0.610. The molecular weight excluding hydrogens is 412 g/mol. The molecule has 0 saturated carbocycles. The van der Waals surface area contributed by atoms with Crippen molar-refractivity contribution in [2.75, 3.05) is 26.8 Å². The molecular formula is C22H25F2NO4S. The van der Waals surface area contributed by atoms with Gasteiger partial charge >= 0.3 is 5.97 Å². The third-order valence-electron chi connectivity index (χ3n) is 5.28. The fraction of sp³-hybridized carbons (Fsp3) is 0.455. The van der Waals surface area contributed by atoms with Gasteiger partial charge in [0.2, 0.25) is 0 Å². The first-order chi connectivity index (χ1) is 14.4. The van der Waals surface area contributed by atoms with Crippen LogP contribution in [-0.4, -0.2) is 43.6 Å². The van der Waals surface area contributed by atoms with E-state index in [9.17, 15) is 18.4 Å². The minimum Gasteiger partial charge on any atom is -0.466 e. The minimum absolute atomic E-state index is 0.0427. The number of likely N-dealkylation sites (tertiary alicyclic amines) is 1. The molecule has 0 radical (unpaired) electrons. The molecule has 2 aromatic rings. The Morgan fingerprint density at radius 3 is 2.73 bits per heavy atom. The molecule has 0 spiro atoms. The fourth-order valence-electron chi connectivity index (χ4n) is 3.87. The maximum Gasteiger partial charge on any atom is 0.314 e. The maximum atomic E-state index is 14.3. The summed E-state index contributed by atoms with van der Waals surface area (Å²) in [4.78, 5) is 29.1. The average Bonchev–Trinajstić information content (AvgIpc) is 3.19. The normalized spacial score (nSPS) is 19.0. The van der Waals surface area contributed by atoms with Crippen LogP contribution in [0, 0.1) is 17.0 Å². The van der Waals surface area contributed by atoms with Crippen LogP contribution in [0.5, 0.6) is 0 Å². The van der Waals surface area contributed by atoms with Crippen LogP contribution in [0.4, 0.5) is 8.78 Å². The number of rotatable bonds is 7. The van der Waals surface area contributed by atoms with Crippen LogP contribution in [0.1, 0.15) is 39.9 Å². The Morgan fingerprint density at radius 1 is 1.23 bits per heavy atom. The number of nitrogens with zero attached hydrogens (tertiary/aromatic N) is 1. The molecule has 1 aliphatic heterocycles. The molecule has 0 aliphatic carbocycles. The van der Waals surface area contributed by atoms with Gasteiger partial charge in [-0.1, -0.05) is 6.07 Å². The summed E-state index contributed by atoms with van der Waals surface area (Å²) < 4.78 is 38.1. The average molecular weight is 438 g/mol. The molecule has 1 aromatic carbocycles. The molecule has 5 nitrogen and oxygen atoms in total. The number of carbonyl (C=O) groups excluding carboxylic acids is 2. The van der Waals surface area contributed by atoms with Gasteiger partial charge in [-0.05, 0) is 49.9 Å². The van der Waals surface area contributed by atoms with E-state index in [4.69, 9.17) is 9.47 Å². The van der Waals surface area contributed by atoms with Gasteiger partial charge in [0, 0.05) is 31.1 Å². The maximum absolute atomic E-state index is 14.3. The van der Waals surface area contributed by atoms with Crippen LogP contribution in [0.2, 0.25) is 0 Å². The predicted molar refractivity (Wildman–Crippen MR) is 109 cm³/mol. The van der Waals surface area contributed by atoms with Gasteiger partial charge in [0.05, 0.1) is 23.5 Å². The Kier molecular flexibility index (Phi) is 7.20. The first kappa shape index (κ1) is 22.4. The second-order valence-corrected chi connectivity index (χ2v) is 8.61. The van der Waals surface area contributed by atoms with Gasteiger partial charge in [-0.25, -0.2) is 8.78 Å². The van der Waals surface area contributed by atoms with Crippen molar-refractivity contribution in [3.63, 3.8) is 0 Å². The summed E-state index contributed by atoms with van der Waals surface area (Å²) in [6.07, 6.45) is 1.09. The highest BCUT2D eigenvalue weighted by atomic mass is 32.1. The molecule has 1 atom stereocenters. The van der Waals surface area contributed by atoms with Crippen LogP contribution in [0.15, 0.2) is 30.3 Å². The van der Waals surface area contributed by atoms with Crippen molar-refractivity contribution < 1.29 is 27.8 Å². The standard InChI is InChI=1S/C22H25F2NO4S/c1-3-29-21(27)22(12-15-5-6-16(23)11-18(15)24)9-4-10-25(14-22)20(26)19-8-7-17(30-19)13-28-2/h5-8,11H,3-4,9-10,12-14H2,1-2H3. The van der Waals surface area contributed by atoms with E-state index < -0.39 is 23.0 Å². The van der Waals surface area contributed by atoms with Crippen molar-refractivity contribution in [1.29, 1.82) is 0 Å². The number of piperidine rings is 1. The Balaban J connectivity index is 1.86. The largest absolute Gasteiger partial charge is 0.466 e. The molecule has 162 valence electrons. The van der Waals surface area contributed by atoms with Crippen LogP contribution >= 0.6 is 11.3 Å². The number of carbonyl (C=O) groups is 2. The van der Waals surface area contributed by atoms with Crippen molar-refractivity contribution >= 4 is 23.2 Å². The second-order valence-electron chi connectivity index (χ2n) is 7.44. The summed E-state index contributed by atoms with van der Waals surface area (Å²) in [5.41, 5.74) is -0.841. The molecule has 0 N–H and O–H groups in total. The van der Waals surface area contributed by atoms with E-state index in [1.165, 1.54) is 23.5 Å². The lowest BCUT2D eigenvalue weighted by atomic mass is 9.75. The van der Waals surface area contributed by atoms with E-state index in [0.717, 1.165) is 10.9 Å². The van der Waals surface area contributed by atoms with Gasteiger partial charge < -0.3 is 14.4 Å². The summed E-state index contributed by atoms with van der Waals surface area (Å²) in [5, 5.41) is 0. The van der Waals surface area contributed by atoms with E-state index in [1.807, 2.05) is 6.07 Å². The van der Waals surface area contributed by atoms with Crippen molar-refractivity contribution in [1.82, 2.24) is 4.90 Å². The molecule has 1 fully saturated rings. The van der Waals surface area contributed by atoms with Crippen LogP contribution in [-0.2, 0) is 27.3 Å². The molecule has 1 unspecified atom stereocenters. The third kappa shape index (κ3) is 4.87. The van der Waals surface area contributed by atoms with Gasteiger partial charge in [0.1, 0.15) is 11.6 Å². The van der Waals surface area contributed by atoms with Crippen molar-refractivity contribution in [3.05, 3.63) is 57.3 Å². The smallest absolute Gasteiger partial charge is 0.314 e. The molecule has 1 amide bonds. The second kappa shape index (κ2) is 9.66. The monoisotopic (exact) mass is 437 g/mol. The summed E-state index contributed by atoms with van der Waals surface area (Å²) >= 11 is 1.35. The number of thiophene rings is 1. The van der Waals surface area contributed by atoms with Crippen molar-refractivity contribution in [3.8, 4) is 0 Å². The Bertz CT molecular complexity index is 916. The fourth-order valence-corrected chi connectivity index (χ4v) is 4.82. The van der Waals surface area contributed by atoms with Crippen LogP contribution < -0.4 is 0 Å². The summed E-state index contributed by atoms with van der Waals surface area (Å²) in [6.45, 7) is 2.95. The Morgan fingerprint density at radius 2 is 2.03 bits per heavy atom. The molecule has 2 heterocycles. The molecule has 0 bridgehead atoms. The lowest BCUT2D eigenvalue weighted by Crippen LogP contribution is -2.51. The van der Waals surface area contributed by atoms with E-state index in [0.29, 0.717) is 30.9 Å². The minimum atomic E-state index is -1.07. The zero-order valence-electron chi connectivity index (χ0n) is 17.1. The van der Waals surface area contributed by atoms with E-state index in [1.54, 1.807) is 25.0 Å². The zero-order valence-corrected chi connectivity index (χ0v) is 17.9. The highest BCUT2D eigenvalue weighted by Gasteiger charge is 2.45.